The van der Waals surface area contributed by atoms with Crippen LogP contribution < -0.4 is 16.0 Å². The van der Waals surface area contributed by atoms with E-state index >= 15 is 0 Å². The number of nitrogens with zero attached hydrogens (tertiary/aromatic N) is 2. The average Bonchev–Trinajstić information content (AvgIpc) is 3.65. The predicted molar refractivity (Wildman–Crippen MR) is 199 cm³/mol. The number of alkyl halides is 5. The first kappa shape index (κ1) is 42.3. The first-order valence-electron chi connectivity index (χ1n) is 18.2. The smallest absolute Gasteiger partial charge is 0.461 e. The molecule has 1 heterocycles. The summed E-state index contributed by atoms with van der Waals surface area (Å²) < 4.78 is 71.1. The minimum atomic E-state index is -5.89. The average molecular weight is 799 g/mol. The van der Waals surface area contributed by atoms with Crippen LogP contribution in [0.5, 0.6) is 0 Å². The zero-order valence-electron chi connectivity index (χ0n) is 31.6. The van der Waals surface area contributed by atoms with Gasteiger partial charge in [-0.25, -0.2) is 14.6 Å². The van der Waals surface area contributed by atoms with E-state index < -0.39 is 47.5 Å². The number of halogens is 5. The Hall–Kier alpha value is -5.87. The topological polar surface area (TPSA) is 175 Å². The standard InChI is InChI=1S/C40H43F5N6O6/c1-22-19-28(35(54)55)15-18-30(22)25-9-5-23(6-10-25)20-31(48-33(52)27-11-7-24(8-12-27)21-46-37(56)57-38(2,3)4)34(53)47-29-16-13-26(14-17-29)32-49-36(51-50-32)39(41,42)40(43,44)45/h5-6,9-10,13-19,24,27,31H,7-8,11-12,20-21H2,1-4H3,(H,46,56)(H,47,53)(H,48,52)(H,54,55)(H,49,50,51)/t24-,27-,31-/m0/s1. The maximum absolute atomic E-state index is 13.8. The molecule has 1 atom stereocenters. The number of anilines is 1. The molecule has 1 fully saturated rings. The zero-order chi connectivity index (χ0) is 41.7. The number of H-pyrrole nitrogens is 1. The summed E-state index contributed by atoms with van der Waals surface area (Å²) >= 11 is 0. The summed E-state index contributed by atoms with van der Waals surface area (Å²) in [6, 6.07) is 16.5. The summed E-state index contributed by atoms with van der Waals surface area (Å²) in [6.45, 7) is 7.53. The van der Waals surface area contributed by atoms with Gasteiger partial charge in [-0.3, -0.25) is 14.7 Å². The third-order valence-electron chi connectivity index (χ3n) is 9.51. The highest BCUT2D eigenvalue weighted by molar-refractivity contribution is 5.98. The van der Waals surface area contributed by atoms with E-state index in [1.807, 2.05) is 12.1 Å². The van der Waals surface area contributed by atoms with Gasteiger partial charge in [0, 0.05) is 30.1 Å². The Kier molecular flexibility index (Phi) is 12.7. The van der Waals surface area contributed by atoms with Crippen molar-refractivity contribution in [1.29, 1.82) is 0 Å². The fourth-order valence-corrected chi connectivity index (χ4v) is 6.45. The molecule has 5 N–H and O–H groups in total. The number of carbonyl (C=O) groups is 4. The lowest BCUT2D eigenvalue weighted by Gasteiger charge is -2.29. The highest BCUT2D eigenvalue weighted by atomic mass is 19.4. The Morgan fingerprint density at radius 3 is 2.11 bits per heavy atom. The Morgan fingerprint density at radius 1 is 0.895 bits per heavy atom. The molecule has 57 heavy (non-hydrogen) atoms. The highest BCUT2D eigenvalue weighted by Gasteiger charge is 2.61. The fourth-order valence-electron chi connectivity index (χ4n) is 6.45. The van der Waals surface area contributed by atoms with Crippen molar-refractivity contribution in [2.75, 3.05) is 11.9 Å². The zero-order valence-corrected chi connectivity index (χ0v) is 31.6. The van der Waals surface area contributed by atoms with Crippen LogP contribution in [0.1, 0.15) is 73.8 Å². The number of aromatic nitrogens is 3. The molecular formula is C40H43F5N6O6. The SMILES string of the molecule is Cc1cc(C(=O)O)ccc1-c1ccc(C[C@H](NC(=O)[C@H]2CC[C@H](CNC(=O)OC(C)(C)C)CC2)C(=O)Nc2ccc(-c3nc(C(F)(F)C(F)(F)F)n[nH]3)cc2)cc1. The fraction of sp³-hybridized carbons (Fsp3) is 0.400. The van der Waals surface area contributed by atoms with Gasteiger partial charge < -0.3 is 25.8 Å². The number of nitrogens with one attached hydrogen (secondary N) is 4. The molecule has 17 heteroatoms. The van der Waals surface area contributed by atoms with E-state index in [1.54, 1.807) is 52.0 Å². The summed E-state index contributed by atoms with van der Waals surface area (Å²) in [5.74, 6) is -9.49. The van der Waals surface area contributed by atoms with E-state index in [-0.39, 0.29) is 46.8 Å². The molecule has 3 amide bonds. The molecule has 0 aliphatic heterocycles. The quantitative estimate of drug-likeness (QED) is 0.0903. The van der Waals surface area contributed by atoms with Crippen LogP contribution in [-0.4, -0.2) is 68.5 Å². The Labute approximate surface area is 325 Å². The van der Waals surface area contributed by atoms with Crippen molar-refractivity contribution in [3.8, 4) is 22.5 Å². The molecule has 1 aliphatic carbocycles. The lowest BCUT2D eigenvalue weighted by molar-refractivity contribution is -0.292. The van der Waals surface area contributed by atoms with Gasteiger partial charge in [0.25, 0.3) is 0 Å². The number of ether oxygens (including phenoxy) is 1. The van der Waals surface area contributed by atoms with E-state index in [2.05, 4.69) is 31.1 Å². The second-order valence-corrected chi connectivity index (χ2v) is 15.0. The Balaban J connectivity index is 1.28. The number of carbonyl (C=O) groups excluding carboxylic acids is 3. The maximum atomic E-state index is 13.8. The van der Waals surface area contributed by atoms with Crippen LogP contribution in [0, 0.1) is 18.8 Å². The van der Waals surface area contributed by atoms with Crippen molar-refractivity contribution >= 4 is 29.6 Å². The minimum absolute atomic E-state index is 0.0935. The van der Waals surface area contributed by atoms with Gasteiger partial charge in [-0.15, -0.1) is 0 Å². The number of alkyl carbamates (subject to hydrolysis) is 1. The molecule has 0 unspecified atom stereocenters. The first-order valence-corrected chi connectivity index (χ1v) is 18.2. The van der Waals surface area contributed by atoms with Crippen molar-refractivity contribution in [3.05, 3.63) is 89.2 Å². The predicted octanol–water partition coefficient (Wildman–Crippen LogP) is 7.80. The van der Waals surface area contributed by atoms with Gasteiger partial charge in [-0.2, -0.15) is 27.1 Å². The van der Waals surface area contributed by atoms with Crippen molar-refractivity contribution in [2.24, 2.45) is 11.8 Å². The first-order chi connectivity index (χ1) is 26.7. The monoisotopic (exact) mass is 798 g/mol. The number of benzene rings is 3. The third-order valence-corrected chi connectivity index (χ3v) is 9.51. The summed E-state index contributed by atoms with van der Waals surface area (Å²) in [4.78, 5) is 54.2. The van der Waals surface area contributed by atoms with Crippen LogP contribution in [-0.2, 0) is 26.7 Å². The molecule has 3 aromatic carbocycles. The van der Waals surface area contributed by atoms with E-state index in [4.69, 9.17) is 4.74 Å². The number of hydrogen-bond acceptors (Lipinski definition) is 7. The molecule has 1 aromatic heterocycles. The van der Waals surface area contributed by atoms with Gasteiger partial charge in [0.05, 0.1) is 5.56 Å². The van der Waals surface area contributed by atoms with Crippen molar-refractivity contribution in [1.82, 2.24) is 25.8 Å². The lowest BCUT2D eigenvalue weighted by atomic mass is 9.81. The summed E-state index contributed by atoms with van der Waals surface area (Å²) in [6.07, 6.45) is -3.88. The van der Waals surface area contributed by atoms with E-state index in [0.29, 0.717) is 37.8 Å². The van der Waals surface area contributed by atoms with E-state index in [9.17, 15) is 46.2 Å². The molecule has 0 saturated heterocycles. The van der Waals surface area contributed by atoms with Crippen LogP contribution in [0.15, 0.2) is 66.7 Å². The van der Waals surface area contributed by atoms with E-state index in [1.165, 1.54) is 30.3 Å². The lowest BCUT2D eigenvalue weighted by Crippen LogP contribution is -2.48. The summed E-state index contributed by atoms with van der Waals surface area (Å²) in [7, 11) is 0. The maximum Gasteiger partial charge on any atom is 0.461 e. The van der Waals surface area contributed by atoms with Crippen molar-refractivity contribution < 1.29 is 51.0 Å². The van der Waals surface area contributed by atoms with Gasteiger partial charge in [0.15, 0.2) is 5.82 Å². The van der Waals surface area contributed by atoms with Crippen molar-refractivity contribution in [2.45, 2.75) is 83.5 Å². The van der Waals surface area contributed by atoms with Gasteiger partial charge in [0.2, 0.25) is 17.6 Å². The number of hydrogen-bond donors (Lipinski definition) is 5. The third kappa shape index (κ3) is 10.9. The number of aromatic carboxylic acids is 1. The second kappa shape index (κ2) is 17.1. The molecule has 0 spiro atoms. The number of carboxylic acid groups (broad SMARTS) is 1. The molecule has 1 saturated carbocycles. The summed E-state index contributed by atoms with van der Waals surface area (Å²) in [5.41, 5.74) is 3.02. The molecule has 0 radical (unpaired) electrons. The van der Waals surface area contributed by atoms with Gasteiger partial charge in [0.1, 0.15) is 11.6 Å². The number of carboxylic acids is 1. The van der Waals surface area contributed by atoms with E-state index in [0.717, 1.165) is 16.7 Å². The van der Waals surface area contributed by atoms with Crippen LogP contribution in [0.25, 0.3) is 22.5 Å². The largest absolute Gasteiger partial charge is 0.478 e. The summed E-state index contributed by atoms with van der Waals surface area (Å²) in [5, 5.41) is 22.9. The normalized spacial score (nSPS) is 16.6. The van der Waals surface area contributed by atoms with Gasteiger partial charge >= 0.3 is 24.2 Å². The molecule has 0 bridgehead atoms. The molecular weight excluding hydrogens is 755 g/mol. The number of amides is 3. The molecule has 1 aliphatic rings. The molecule has 5 rings (SSSR count). The Bertz CT molecular complexity index is 2070. The molecule has 12 nitrogen and oxygen atoms in total. The number of rotatable bonds is 12. The van der Waals surface area contributed by atoms with Crippen LogP contribution in [0.3, 0.4) is 0 Å². The van der Waals surface area contributed by atoms with Gasteiger partial charge in [-0.1, -0.05) is 30.3 Å². The molecule has 304 valence electrons. The number of aromatic amines is 1. The van der Waals surface area contributed by atoms with Crippen LogP contribution >= 0.6 is 0 Å². The minimum Gasteiger partial charge on any atom is -0.478 e. The van der Waals surface area contributed by atoms with Crippen LogP contribution in [0.4, 0.5) is 32.4 Å². The highest BCUT2D eigenvalue weighted by Crippen LogP contribution is 2.42. The number of aryl methyl sites for hydroxylation is 1. The van der Waals surface area contributed by atoms with Crippen LogP contribution in [0.2, 0.25) is 0 Å². The van der Waals surface area contributed by atoms with Crippen molar-refractivity contribution in [3.63, 3.8) is 0 Å². The molecule has 4 aromatic rings. The van der Waals surface area contributed by atoms with Gasteiger partial charge in [-0.05, 0) is 118 Å². The Morgan fingerprint density at radius 2 is 1.53 bits per heavy atom. The second-order valence-electron chi connectivity index (χ2n) is 15.0.